The van der Waals surface area contributed by atoms with Crippen molar-refractivity contribution in [3.8, 4) is 0 Å². The van der Waals surface area contributed by atoms with Crippen LogP contribution in [0.15, 0.2) is 59.6 Å². The summed E-state index contributed by atoms with van der Waals surface area (Å²) in [4.78, 5) is 14.2. The normalized spacial score (nSPS) is 10.4. The van der Waals surface area contributed by atoms with Gasteiger partial charge in [0.05, 0.1) is 0 Å². The fourth-order valence-corrected chi connectivity index (χ4v) is 2.24. The Kier molecular flexibility index (Phi) is 3.29. The zero-order valence-electron chi connectivity index (χ0n) is 9.97. The lowest BCUT2D eigenvalue weighted by Gasteiger charge is -1.84. The maximum atomic E-state index is 4.12. The molecular weight excluding hydrogens is 304 g/mol. The van der Waals surface area contributed by atoms with Crippen molar-refractivity contribution in [2.45, 2.75) is 0 Å². The first-order valence-corrected chi connectivity index (χ1v) is 6.59. The van der Waals surface area contributed by atoms with Crippen LogP contribution in [-0.4, -0.2) is 19.9 Å². The van der Waals surface area contributed by atoms with E-state index in [1.165, 1.54) is 0 Å². The molecule has 0 spiro atoms. The summed E-state index contributed by atoms with van der Waals surface area (Å²) < 4.78 is 1.07. The average molecular weight is 315 g/mol. The summed E-state index contributed by atoms with van der Waals surface area (Å²) in [5.74, 6) is 0. The monoisotopic (exact) mass is 314 g/mol. The van der Waals surface area contributed by atoms with Gasteiger partial charge in [-0.25, -0.2) is 9.97 Å². The third-order valence-corrected chi connectivity index (χ3v) is 3.38. The van der Waals surface area contributed by atoms with E-state index in [1.807, 2.05) is 42.7 Å². The molecule has 4 nitrogen and oxygen atoms in total. The first-order chi connectivity index (χ1) is 9.34. The Balaban J connectivity index is 0.000000117. The minimum absolute atomic E-state index is 0.925. The van der Waals surface area contributed by atoms with Crippen molar-refractivity contribution in [1.29, 1.82) is 0 Å². The van der Waals surface area contributed by atoms with Gasteiger partial charge in [-0.1, -0.05) is 0 Å². The molecule has 0 fully saturated rings. The molecule has 0 amide bonds. The summed E-state index contributed by atoms with van der Waals surface area (Å²) in [6.07, 6.45) is 7.32. The maximum absolute atomic E-state index is 4.12. The lowest BCUT2D eigenvalue weighted by molar-refractivity contribution is 1.32. The highest BCUT2D eigenvalue weighted by molar-refractivity contribution is 9.10. The molecule has 0 bridgehead atoms. The molecule has 5 heteroatoms. The van der Waals surface area contributed by atoms with Crippen molar-refractivity contribution < 1.29 is 0 Å². The molecule has 94 valence electrons. The second-order valence-electron chi connectivity index (χ2n) is 3.96. The Hall–Kier alpha value is -2.14. The molecule has 2 N–H and O–H groups in total. The van der Waals surface area contributed by atoms with Crippen LogP contribution < -0.4 is 0 Å². The van der Waals surface area contributed by atoms with E-state index in [2.05, 4.69) is 35.9 Å². The third-order valence-electron chi connectivity index (χ3n) is 2.72. The molecular formula is C14H11BrN4. The summed E-state index contributed by atoms with van der Waals surface area (Å²) in [6.45, 7) is 0. The highest BCUT2D eigenvalue weighted by Crippen LogP contribution is 2.20. The van der Waals surface area contributed by atoms with E-state index in [9.17, 15) is 0 Å². The first kappa shape index (κ1) is 11.9. The molecule has 4 aromatic rings. The third kappa shape index (κ3) is 2.51. The zero-order valence-corrected chi connectivity index (χ0v) is 11.6. The number of halogens is 1. The van der Waals surface area contributed by atoms with Crippen molar-refractivity contribution in [3.63, 3.8) is 0 Å². The Morgan fingerprint density at radius 1 is 0.895 bits per heavy atom. The molecule has 4 aromatic heterocycles. The van der Waals surface area contributed by atoms with Gasteiger partial charge >= 0.3 is 0 Å². The van der Waals surface area contributed by atoms with E-state index in [1.54, 1.807) is 12.4 Å². The number of aromatic nitrogens is 4. The minimum atomic E-state index is 0.925. The number of rotatable bonds is 0. The maximum Gasteiger partial charge on any atom is 0.138 e. The lowest BCUT2D eigenvalue weighted by Crippen LogP contribution is -1.71. The van der Waals surface area contributed by atoms with Crippen LogP contribution in [0, 0.1) is 0 Å². The van der Waals surface area contributed by atoms with E-state index >= 15 is 0 Å². The highest BCUT2D eigenvalue weighted by Gasteiger charge is 1.97. The molecule has 0 aromatic carbocycles. The topological polar surface area (TPSA) is 57.4 Å². The molecule has 0 atom stereocenters. The van der Waals surface area contributed by atoms with Gasteiger partial charge in [0.25, 0.3) is 0 Å². The van der Waals surface area contributed by atoms with Crippen LogP contribution in [0.25, 0.3) is 22.1 Å². The smallest absolute Gasteiger partial charge is 0.138 e. The fraction of sp³-hybridized carbons (Fsp3) is 0. The van der Waals surface area contributed by atoms with Gasteiger partial charge < -0.3 is 9.97 Å². The predicted octanol–water partition coefficient (Wildman–Crippen LogP) is 3.89. The van der Waals surface area contributed by atoms with Crippen LogP contribution in [0.1, 0.15) is 0 Å². The van der Waals surface area contributed by atoms with Gasteiger partial charge in [0.1, 0.15) is 11.3 Å². The summed E-state index contributed by atoms with van der Waals surface area (Å²) in [7, 11) is 0. The molecule has 0 radical (unpaired) electrons. The lowest BCUT2D eigenvalue weighted by atomic mass is 10.3. The van der Waals surface area contributed by atoms with E-state index < -0.39 is 0 Å². The van der Waals surface area contributed by atoms with Gasteiger partial charge in [-0.2, -0.15) is 0 Å². The van der Waals surface area contributed by atoms with Gasteiger partial charge in [-0.3, -0.25) is 0 Å². The van der Waals surface area contributed by atoms with E-state index in [-0.39, 0.29) is 0 Å². The van der Waals surface area contributed by atoms with Crippen molar-refractivity contribution in [3.05, 3.63) is 59.6 Å². The predicted molar refractivity (Wildman–Crippen MR) is 79.9 cm³/mol. The fourth-order valence-electron chi connectivity index (χ4n) is 1.81. The van der Waals surface area contributed by atoms with E-state index in [0.717, 1.165) is 26.5 Å². The van der Waals surface area contributed by atoms with Crippen molar-refractivity contribution >= 4 is 38.0 Å². The van der Waals surface area contributed by atoms with Crippen LogP contribution in [0.3, 0.4) is 0 Å². The Bertz CT molecular complexity index is 773. The standard InChI is InChI=1S/C7H5BrN2.C7H6N2/c8-6-4-10-7-5(6)2-1-3-9-7;1-2-6-3-5-9-7(6)8-4-1/h1-4H,(H,9,10);1-5H,(H,8,9). The second kappa shape index (κ2) is 5.24. The zero-order chi connectivity index (χ0) is 13.1. The molecule has 4 rings (SSSR count). The second-order valence-corrected chi connectivity index (χ2v) is 4.81. The summed E-state index contributed by atoms with van der Waals surface area (Å²) in [6, 6.07) is 9.89. The number of nitrogens with zero attached hydrogens (tertiary/aromatic N) is 2. The largest absolute Gasteiger partial charge is 0.346 e. The first-order valence-electron chi connectivity index (χ1n) is 5.80. The molecule has 0 aliphatic heterocycles. The van der Waals surface area contributed by atoms with Crippen LogP contribution >= 0.6 is 15.9 Å². The summed E-state index contributed by atoms with van der Waals surface area (Å²) >= 11 is 3.40. The molecule has 0 saturated carbocycles. The van der Waals surface area contributed by atoms with Gasteiger partial charge in [-0.15, -0.1) is 0 Å². The SMILES string of the molecule is Brc1c[nH]c2ncccc12.c1cnc2[nH]ccc2c1. The molecule has 0 saturated heterocycles. The molecule has 4 heterocycles. The number of nitrogens with one attached hydrogen (secondary N) is 2. The number of fused-ring (bicyclic) bond motifs is 2. The van der Waals surface area contributed by atoms with Gasteiger partial charge in [0.2, 0.25) is 0 Å². The molecule has 0 unspecified atom stereocenters. The quantitative estimate of drug-likeness (QED) is 0.517. The molecule has 19 heavy (non-hydrogen) atoms. The van der Waals surface area contributed by atoms with Crippen LogP contribution in [0.4, 0.5) is 0 Å². The molecule has 0 aliphatic carbocycles. The Morgan fingerprint density at radius 3 is 2.47 bits per heavy atom. The van der Waals surface area contributed by atoms with Crippen LogP contribution in [-0.2, 0) is 0 Å². The van der Waals surface area contributed by atoms with E-state index in [0.29, 0.717) is 0 Å². The minimum Gasteiger partial charge on any atom is -0.346 e. The van der Waals surface area contributed by atoms with Gasteiger partial charge in [0.15, 0.2) is 0 Å². The summed E-state index contributed by atoms with van der Waals surface area (Å²) in [5.41, 5.74) is 1.88. The number of pyridine rings is 2. The highest BCUT2D eigenvalue weighted by atomic mass is 79.9. The Morgan fingerprint density at radius 2 is 1.68 bits per heavy atom. The Labute approximate surface area is 118 Å². The van der Waals surface area contributed by atoms with Crippen LogP contribution in [0.2, 0.25) is 0 Å². The number of hydrogen-bond acceptors (Lipinski definition) is 2. The van der Waals surface area contributed by atoms with E-state index in [4.69, 9.17) is 0 Å². The number of hydrogen-bond donors (Lipinski definition) is 2. The van der Waals surface area contributed by atoms with Crippen molar-refractivity contribution in [1.82, 2.24) is 19.9 Å². The summed E-state index contributed by atoms with van der Waals surface area (Å²) in [5, 5.41) is 2.29. The number of H-pyrrole nitrogens is 2. The van der Waals surface area contributed by atoms with Gasteiger partial charge in [0, 0.05) is 40.0 Å². The molecule has 0 aliphatic rings. The van der Waals surface area contributed by atoms with Crippen LogP contribution in [0.5, 0.6) is 0 Å². The van der Waals surface area contributed by atoms with Crippen molar-refractivity contribution in [2.24, 2.45) is 0 Å². The average Bonchev–Trinajstić information content (AvgIpc) is 3.07. The van der Waals surface area contributed by atoms with Crippen molar-refractivity contribution in [2.75, 3.05) is 0 Å². The number of aromatic amines is 2. The van der Waals surface area contributed by atoms with Gasteiger partial charge in [-0.05, 0) is 46.3 Å².